The molecule has 10 heteroatoms. The molecule has 0 spiro atoms. The third-order valence-corrected chi connectivity index (χ3v) is 4.93. The molecule has 1 fully saturated rings. The normalized spacial score (nSPS) is 26.1. The van der Waals surface area contributed by atoms with Gasteiger partial charge in [-0.3, -0.25) is 4.79 Å². The highest BCUT2D eigenvalue weighted by atomic mass is 16.6. The molecule has 3 rings (SSSR count). The quantitative estimate of drug-likeness (QED) is 0.424. The average molecular weight is 430 g/mol. The fraction of sp³-hybridized carbons (Fsp3) is 0.381. The second kappa shape index (κ2) is 9.94. The number of hydrogen-bond acceptors (Lipinski definition) is 9. The maximum Gasteiger partial charge on any atom is 0.251 e. The maximum atomic E-state index is 12.3. The van der Waals surface area contributed by atoms with Gasteiger partial charge in [0.2, 0.25) is 0 Å². The zero-order valence-electron chi connectivity index (χ0n) is 17.2. The van der Waals surface area contributed by atoms with Crippen LogP contribution in [-0.2, 0) is 4.74 Å². The number of aliphatic hydroxyl groups excluding tert-OH is 4. The van der Waals surface area contributed by atoms with E-state index in [2.05, 4.69) is 15.5 Å². The molecular formula is C21H26N4O6. The van der Waals surface area contributed by atoms with Crippen molar-refractivity contribution in [1.82, 2.24) is 5.32 Å². The van der Waals surface area contributed by atoms with Crippen LogP contribution in [0, 0.1) is 0 Å². The van der Waals surface area contributed by atoms with E-state index < -0.39 is 36.6 Å². The monoisotopic (exact) mass is 430 g/mol. The summed E-state index contributed by atoms with van der Waals surface area (Å²) in [5.74, 6) is -0.436. The lowest BCUT2D eigenvalue weighted by atomic mass is 9.99. The van der Waals surface area contributed by atoms with E-state index in [1.807, 2.05) is 43.3 Å². The highest BCUT2D eigenvalue weighted by molar-refractivity contribution is 5.94. The Kier molecular flexibility index (Phi) is 7.31. The summed E-state index contributed by atoms with van der Waals surface area (Å²) in [5, 5.41) is 49.5. The van der Waals surface area contributed by atoms with Crippen LogP contribution in [0.5, 0.6) is 0 Å². The summed E-state index contributed by atoms with van der Waals surface area (Å²) in [6, 6.07) is 14.0. The standard InChI is InChI=1S/C21H26N4O6/c1-25(2)15-9-7-14(8-10-15)24-23-13-5-3-12(4-6-13)20(29)22-11-16-17(26)18(27)19(28)21(30)31-16/h3-10,16-19,21,26-28,30H,11H2,1-2H3,(H,22,29)/t16-,17-,18+,19-,21+/m1/s1. The molecule has 0 radical (unpaired) electrons. The molecule has 31 heavy (non-hydrogen) atoms. The molecule has 1 saturated heterocycles. The Morgan fingerprint density at radius 1 is 0.903 bits per heavy atom. The zero-order valence-corrected chi connectivity index (χ0v) is 17.2. The Hall–Kier alpha value is -2.89. The van der Waals surface area contributed by atoms with Crippen LogP contribution in [0.1, 0.15) is 10.4 Å². The molecule has 1 aliphatic heterocycles. The van der Waals surface area contributed by atoms with E-state index >= 15 is 0 Å². The summed E-state index contributed by atoms with van der Waals surface area (Å²) >= 11 is 0. The minimum Gasteiger partial charge on any atom is -0.388 e. The lowest BCUT2D eigenvalue weighted by Gasteiger charge is -2.38. The third kappa shape index (κ3) is 5.63. The lowest BCUT2D eigenvalue weighted by molar-refractivity contribution is -0.279. The first-order valence-corrected chi connectivity index (χ1v) is 9.71. The molecular weight excluding hydrogens is 404 g/mol. The second-order valence-corrected chi connectivity index (χ2v) is 7.40. The second-order valence-electron chi connectivity index (χ2n) is 7.40. The molecule has 166 valence electrons. The summed E-state index contributed by atoms with van der Waals surface area (Å²) in [4.78, 5) is 14.3. The number of nitrogens with zero attached hydrogens (tertiary/aromatic N) is 3. The number of carbonyl (C=O) groups excluding carboxylic acids is 1. The number of nitrogens with one attached hydrogen (secondary N) is 1. The molecule has 0 saturated carbocycles. The van der Waals surface area contributed by atoms with Crippen molar-refractivity contribution in [2.75, 3.05) is 25.5 Å². The van der Waals surface area contributed by atoms with Gasteiger partial charge in [-0.05, 0) is 48.5 Å². The summed E-state index contributed by atoms with van der Waals surface area (Å²) < 4.78 is 5.03. The van der Waals surface area contributed by atoms with Gasteiger partial charge in [-0.1, -0.05) is 0 Å². The van der Waals surface area contributed by atoms with Crippen molar-refractivity contribution in [3.05, 3.63) is 54.1 Å². The summed E-state index contributed by atoms with van der Waals surface area (Å²) in [6.07, 6.45) is -7.36. The molecule has 1 aliphatic rings. The average Bonchev–Trinajstić information content (AvgIpc) is 2.78. The van der Waals surface area contributed by atoms with E-state index in [0.717, 1.165) is 5.69 Å². The predicted octanol–water partition coefficient (Wildman–Crippen LogP) is 0.698. The molecule has 1 heterocycles. The van der Waals surface area contributed by atoms with Gasteiger partial charge in [-0.25, -0.2) is 0 Å². The van der Waals surface area contributed by atoms with E-state index in [0.29, 0.717) is 16.9 Å². The molecule has 0 aromatic heterocycles. The molecule has 1 amide bonds. The molecule has 0 bridgehead atoms. The number of carbonyl (C=O) groups is 1. The van der Waals surface area contributed by atoms with Gasteiger partial charge in [0.25, 0.3) is 5.91 Å². The Morgan fingerprint density at radius 2 is 1.45 bits per heavy atom. The summed E-state index contributed by atoms with van der Waals surface area (Å²) in [5.41, 5.74) is 2.67. The van der Waals surface area contributed by atoms with Crippen LogP contribution in [0.2, 0.25) is 0 Å². The van der Waals surface area contributed by atoms with Crippen LogP contribution in [0.3, 0.4) is 0 Å². The Labute approximate surface area is 179 Å². The van der Waals surface area contributed by atoms with Crippen LogP contribution < -0.4 is 10.2 Å². The van der Waals surface area contributed by atoms with Gasteiger partial charge in [-0.2, -0.15) is 10.2 Å². The van der Waals surface area contributed by atoms with Crippen LogP contribution >= 0.6 is 0 Å². The van der Waals surface area contributed by atoms with E-state index in [9.17, 15) is 25.2 Å². The van der Waals surface area contributed by atoms with Gasteiger partial charge in [0, 0.05) is 31.9 Å². The number of ether oxygens (including phenoxy) is 1. The maximum absolute atomic E-state index is 12.3. The van der Waals surface area contributed by atoms with Crippen molar-refractivity contribution in [2.24, 2.45) is 10.2 Å². The number of rotatable bonds is 6. The van der Waals surface area contributed by atoms with Gasteiger partial charge in [0.15, 0.2) is 6.29 Å². The predicted molar refractivity (Wildman–Crippen MR) is 113 cm³/mol. The SMILES string of the molecule is CN(C)c1ccc(N=Nc2ccc(C(=O)NC[C@H]3O[C@H](O)[C@H](O)[C@@H](O)[C@@H]3O)cc2)cc1. The first kappa shape index (κ1) is 22.8. The van der Waals surface area contributed by atoms with Crippen LogP contribution in [0.15, 0.2) is 58.8 Å². The number of anilines is 1. The number of benzene rings is 2. The van der Waals surface area contributed by atoms with Crippen LogP contribution in [0.25, 0.3) is 0 Å². The Morgan fingerprint density at radius 3 is 2.00 bits per heavy atom. The minimum atomic E-state index is -1.65. The van der Waals surface area contributed by atoms with Crippen LogP contribution in [0.4, 0.5) is 17.1 Å². The van der Waals surface area contributed by atoms with E-state index in [-0.39, 0.29) is 6.54 Å². The van der Waals surface area contributed by atoms with Crippen molar-refractivity contribution < 1.29 is 30.0 Å². The van der Waals surface area contributed by atoms with Gasteiger partial charge < -0.3 is 35.4 Å². The zero-order chi connectivity index (χ0) is 22.5. The Bertz CT molecular complexity index is 903. The molecule has 2 aromatic rings. The van der Waals surface area contributed by atoms with Crippen molar-refractivity contribution in [3.8, 4) is 0 Å². The lowest BCUT2D eigenvalue weighted by Crippen LogP contribution is -2.59. The fourth-order valence-electron chi connectivity index (χ4n) is 3.01. The topological polar surface area (TPSA) is 147 Å². The van der Waals surface area contributed by atoms with E-state index in [1.165, 1.54) is 0 Å². The van der Waals surface area contributed by atoms with E-state index in [4.69, 9.17) is 4.74 Å². The molecule has 5 N–H and O–H groups in total. The highest BCUT2D eigenvalue weighted by Gasteiger charge is 2.42. The van der Waals surface area contributed by atoms with Gasteiger partial charge >= 0.3 is 0 Å². The van der Waals surface area contributed by atoms with Crippen molar-refractivity contribution in [2.45, 2.75) is 30.7 Å². The smallest absolute Gasteiger partial charge is 0.251 e. The fourth-order valence-corrected chi connectivity index (χ4v) is 3.01. The van der Waals surface area contributed by atoms with E-state index in [1.54, 1.807) is 24.3 Å². The van der Waals surface area contributed by atoms with Gasteiger partial charge in [0.05, 0.1) is 11.4 Å². The molecule has 0 aliphatic carbocycles. The van der Waals surface area contributed by atoms with Gasteiger partial charge in [0.1, 0.15) is 24.4 Å². The number of hydrogen-bond donors (Lipinski definition) is 5. The molecule has 10 nitrogen and oxygen atoms in total. The number of aliphatic hydroxyl groups is 4. The number of azo groups is 1. The molecule has 5 atom stereocenters. The minimum absolute atomic E-state index is 0.161. The molecule has 0 unspecified atom stereocenters. The van der Waals surface area contributed by atoms with Crippen molar-refractivity contribution in [1.29, 1.82) is 0 Å². The van der Waals surface area contributed by atoms with Gasteiger partial charge in [-0.15, -0.1) is 0 Å². The van der Waals surface area contributed by atoms with Crippen molar-refractivity contribution in [3.63, 3.8) is 0 Å². The largest absolute Gasteiger partial charge is 0.388 e. The summed E-state index contributed by atoms with van der Waals surface area (Å²) in [7, 11) is 3.91. The number of amides is 1. The van der Waals surface area contributed by atoms with Crippen molar-refractivity contribution >= 4 is 23.0 Å². The van der Waals surface area contributed by atoms with Crippen LogP contribution in [-0.4, -0.2) is 77.7 Å². The molecule has 2 aromatic carbocycles. The first-order chi connectivity index (χ1) is 14.8. The Balaban J connectivity index is 1.55. The third-order valence-electron chi connectivity index (χ3n) is 4.93. The highest BCUT2D eigenvalue weighted by Crippen LogP contribution is 2.22. The first-order valence-electron chi connectivity index (χ1n) is 9.71. The summed E-state index contributed by atoms with van der Waals surface area (Å²) in [6.45, 7) is -0.161.